The molecule has 0 bridgehead atoms. The molecular formula is C20H17BrN2O5. The summed E-state index contributed by atoms with van der Waals surface area (Å²) in [6.45, 7) is 0.145. The Kier molecular flexibility index (Phi) is 4.80. The summed E-state index contributed by atoms with van der Waals surface area (Å²) in [6.07, 6.45) is 0.442. The molecule has 1 aliphatic heterocycles. The van der Waals surface area contributed by atoms with E-state index in [4.69, 9.17) is 9.15 Å². The highest BCUT2D eigenvalue weighted by Gasteiger charge is 2.37. The predicted octanol–water partition coefficient (Wildman–Crippen LogP) is 3.26. The largest absolute Gasteiger partial charge is 0.497 e. The molecule has 144 valence electrons. The lowest BCUT2D eigenvalue weighted by Crippen LogP contribution is -2.46. The lowest BCUT2D eigenvalue weighted by molar-refractivity contribution is -0.151. The Balaban J connectivity index is 1.68. The third-order valence-electron chi connectivity index (χ3n) is 4.89. The van der Waals surface area contributed by atoms with E-state index in [1.54, 1.807) is 49.6 Å². The van der Waals surface area contributed by atoms with Gasteiger partial charge in [0.1, 0.15) is 11.8 Å². The van der Waals surface area contributed by atoms with Gasteiger partial charge in [0.2, 0.25) is 5.91 Å². The minimum atomic E-state index is -0.779. The summed E-state index contributed by atoms with van der Waals surface area (Å²) in [6, 6.07) is 11.6. The molecule has 2 aromatic carbocycles. The van der Waals surface area contributed by atoms with Crippen LogP contribution in [0.25, 0.3) is 11.1 Å². The number of imide groups is 1. The van der Waals surface area contributed by atoms with E-state index in [0.29, 0.717) is 21.3 Å². The summed E-state index contributed by atoms with van der Waals surface area (Å²) in [4.78, 5) is 39.2. The van der Waals surface area contributed by atoms with Crippen LogP contribution in [0.15, 0.2) is 56.1 Å². The lowest BCUT2D eigenvalue weighted by atomic mass is 10.0. The van der Waals surface area contributed by atoms with Crippen molar-refractivity contribution in [1.82, 2.24) is 9.47 Å². The molecule has 8 heteroatoms. The molecule has 1 atom stereocenters. The minimum absolute atomic E-state index is 0.145. The number of oxazole rings is 1. The average Bonchev–Trinajstić information content (AvgIpc) is 3.03. The number of para-hydroxylation sites is 1. The van der Waals surface area contributed by atoms with Gasteiger partial charge in [0.15, 0.2) is 5.58 Å². The maximum absolute atomic E-state index is 13.1. The predicted molar refractivity (Wildman–Crippen MR) is 105 cm³/mol. The van der Waals surface area contributed by atoms with Crippen LogP contribution in [0.3, 0.4) is 0 Å². The Labute approximate surface area is 168 Å². The number of benzene rings is 2. The smallest absolute Gasteiger partial charge is 0.420 e. The van der Waals surface area contributed by atoms with Crippen molar-refractivity contribution in [1.29, 1.82) is 0 Å². The number of halogens is 1. The summed E-state index contributed by atoms with van der Waals surface area (Å²) in [5.41, 5.74) is 1.71. The Bertz CT molecular complexity index is 1120. The number of carbonyl (C=O) groups is 2. The Morgan fingerprint density at radius 2 is 1.89 bits per heavy atom. The third-order valence-corrected chi connectivity index (χ3v) is 5.51. The number of likely N-dealkylation sites (tertiary alicyclic amines) is 1. The molecule has 1 unspecified atom stereocenters. The Morgan fingerprint density at radius 3 is 2.61 bits per heavy atom. The van der Waals surface area contributed by atoms with E-state index in [9.17, 15) is 14.4 Å². The number of aromatic nitrogens is 1. The van der Waals surface area contributed by atoms with Gasteiger partial charge in [-0.25, -0.2) is 4.79 Å². The van der Waals surface area contributed by atoms with Crippen molar-refractivity contribution in [2.24, 2.45) is 0 Å². The zero-order valence-corrected chi connectivity index (χ0v) is 16.6. The van der Waals surface area contributed by atoms with Gasteiger partial charge in [-0.3, -0.25) is 19.1 Å². The molecule has 1 fully saturated rings. The van der Waals surface area contributed by atoms with Gasteiger partial charge in [-0.2, -0.15) is 0 Å². The first kappa shape index (κ1) is 18.5. The molecule has 7 nitrogen and oxygen atoms in total. The van der Waals surface area contributed by atoms with Crippen molar-refractivity contribution in [3.05, 3.63) is 63.1 Å². The van der Waals surface area contributed by atoms with Gasteiger partial charge in [-0.1, -0.05) is 18.2 Å². The van der Waals surface area contributed by atoms with E-state index in [2.05, 4.69) is 15.9 Å². The van der Waals surface area contributed by atoms with Crippen LogP contribution < -0.4 is 10.5 Å². The van der Waals surface area contributed by atoms with Crippen molar-refractivity contribution in [3.8, 4) is 5.75 Å². The van der Waals surface area contributed by atoms with E-state index in [1.165, 1.54) is 9.47 Å². The van der Waals surface area contributed by atoms with Crippen LogP contribution >= 0.6 is 15.9 Å². The highest BCUT2D eigenvalue weighted by atomic mass is 79.9. The summed E-state index contributed by atoms with van der Waals surface area (Å²) < 4.78 is 12.4. The number of methoxy groups -OCH3 is 1. The van der Waals surface area contributed by atoms with Gasteiger partial charge >= 0.3 is 5.76 Å². The maximum atomic E-state index is 13.1. The molecule has 0 radical (unpaired) electrons. The fourth-order valence-corrected chi connectivity index (χ4v) is 3.90. The van der Waals surface area contributed by atoms with Crippen LogP contribution in [-0.4, -0.2) is 28.4 Å². The number of nitrogens with zero attached hydrogens (tertiary/aromatic N) is 2. The number of amides is 2. The number of hydrogen-bond donors (Lipinski definition) is 0. The minimum Gasteiger partial charge on any atom is -0.497 e. The highest BCUT2D eigenvalue weighted by Crippen LogP contribution is 2.30. The fourth-order valence-electron chi connectivity index (χ4n) is 3.46. The van der Waals surface area contributed by atoms with E-state index in [-0.39, 0.29) is 25.3 Å². The van der Waals surface area contributed by atoms with Gasteiger partial charge in [-0.05, 0) is 52.2 Å². The van der Waals surface area contributed by atoms with E-state index in [1.807, 2.05) is 0 Å². The molecule has 28 heavy (non-hydrogen) atoms. The molecule has 1 saturated heterocycles. The SMILES string of the molecule is COc1ccc(CN2C(=O)CCC(n3c(=O)oc4c(Br)cccc43)C2=O)cc1. The molecular weight excluding hydrogens is 428 g/mol. The zero-order valence-electron chi connectivity index (χ0n) is 15.1. The van der Waals surface area contributed by atoms with Crippen LogP contribution in [0, 0.1) is 0 Å². The molecule has 1 aliphatic rings. The number of ether oxygens (including phenoxy) is 1. The first-order chi connectivity index (χ1) is 13.5. The van der Waals surface area contributed by atoms with Gasteiger partial charge in [0.05, 0.1) is 23.6 Å². The van der Waals surface area contributed by atoms with Crippen molar-refractivity contribution < 1.29 is 18.7 Å². The second kappa shape index (κ2) is 7.27. The topological polar surface area (TPSA) is 81.8 Å². The Morgan fingerprint density at radius 1 is 1.14 bits per heavy atom. The second-order valence-corrected chi connectivity index (χ2v) is 7.40. The summed E-state index contributed by atoms with van der Waals surface area (Å²) in [5.74, 6) is -0.574. The van der Waals surface area contributed by atoms with Gasteiger partial charge in [0.25, 0.3) is 5.91 Å². The average molecular weight is 445 g/mol. The third kappa shape index (κ3) is 3.13. The first-order valence-electron chi connectivity index (χ1n) is 8.76. The lowest BCUT2D eigenvalue weighted by Gasteiger charge is -2.31. The number of carbonyl (C=O) groups excluding carboxylic acids is 2. The number of rotatable bonds is 4. The molecule has 4 rings (SSSR count). The van der Waals surface area contributed by atoms with Crippen molar-refractivity contribution >= 4 is 38.8 Å². The summed E-state index contributed by atoms with van der Waals surface area (Å²) >= 11 is 3.36. The number of hydrogen-bond acceptors (Lipinski definition) is 5. The monoisotopic (exact) mass is 444 g/mol. The molecule has 1 aromatic heterocycles. The van der Waals surface area contributed by atoms with Crippen LogP contribution in [-0.2, 0) is 16.1 Å². The van der Waals surface area contributed by atoms with Crippen molar-refractivity contribution in [3.63, 3.8) is 0 Å². The molecule has 3 aromatic rings. The molecule has 0 N–H and O–H groups in total. The summed E-state index contributed by atoms with van der Waals surface area (Å²) in [7, 11) is 1.57. The van der Waals surface area contributed by atoms with E-state index in [0.717, 1.165) is 5.56 Å². The van der Waals surface area contributed by atoms with Crippen LogP contribution in [0.4, 0.5) is 0 Å². The van der Waals surface area contributed by atoms with E-state index < -0.39 is 17.7 Å². The molecule has 2 heterocycles. The van der Waals surface area contributed by atoms with Crippen molar-refractivity contribution in [2.45, 2.75) is 25.4 Å². The summed E-state index contributed by atoms with van der Waals surface area (Å²) in [5, 5.41) is 0. The van der Waals surface area contributed by atoms with Crippen LogP contribution in [0.1, 0.15) is 24.4 Å². The standard InChI is InChI=1S/C20H17BrN2O5/c1-27-13-7-5-12(6-8-13)11-22-17(24)10-9-16(19(22)25)23-15-4-2-3-14(21)18(15)28-20(23)26/h2-8,16H,9-11H2,1H3. The fraction of sp³-hybridized carbons (Fsp3) is 0.250. The van der Waals surface area contributed by atoms with Gasteiger partial charge < -0.3 is 9.15 Å². The van der Waals surface area contributed by atoms with Gasteiger partial charge in [-0.15, -0.1) is 0 Å². The van der Waals surface area contributed by atoms with Crippen LogP contribution in [0.5, 0.6) is 5.75 Å². The number of piperidine rings is 1. The normalized spacial score (nSPS) is 17.4. The van der Waals surface area contributed by atoms with Crippen LogP contribution in [0.2, 0.25) is 0 Å². The maximum Gasteiger partial charge on any atom is 0.420 e. The zero-order chi connectivity index (χ0) is 19.8. The Hall–Kier alpha value is -2.87. The van der Waals surface area contributed by atoms with Crippen molar-refractivity contribution in [2.75, 3.05) is 7.11 Å². The number of fused-ring (bicyclic) bond motifs is 1. The molecule has 2 amide bonds. The van der Waals surface area contributed by atoms with E-state index >= 15 is 0 Å². The quantitative estimate of drug-likeness (QED) is 0.576. The second-order valence-electron chi connectivity index (χ2n) is 6.55. The first-order valence-corrected chi connectivity index (χ1v) is 9.55. The highest BCUT2D eigenvalue weighted by molar-refractivity contribution is 9.10. The molecule has 0 spiro atoms. The molecule has 0 saturated carbocycles. The van der Waals surface area contributed by atoms with Gasteiger partial charge in [0, 0.05) is 6.42 Å². The molecule has 0 aliphatic carbocycles.